The predicted molar refractivity (Wildman–Crippen MR) is 70.2 cm³/mol. The van der Waals surface area contributed by atoms with Crippen LogP contribution in [0.2, 0.25) is 0 Å². The second kappa shape index (κ2) is 5.10. The summed E-state index contributed by atoms with van der Waals surface area (Å²) in [6, 6.07) is 4.97. The fraction of sp³-hybridized carbons (Fsp3) is 0.333. The zero-order valence-corrected chi connectivity index (χ0v) is 11.3. The van der Waals surface area contributed by atoms with E-state index in [9.17, 15) is 18.5 Å². The number of non-ortho nitro benzene ring substituents is 1. The number of rotatable bonds is 3. The highest BCUT2D eigenvalue weighted by Gasteiger charge is 2.25. The van der Waals surface area contributed by atoms with Crippen LogP contribution in [0.25, 0.3) is 0 Å². The van der Waals surface area contributed by atoms with Crippen LogP contribution in [0.1, 0.15) is 13.3 Å². The van der Waals surface area contributed by atoms with Crippen molar-refractivity contribution in [3.63, 3.8) is 0 Å². The topological polar surface area (TPSA) is 80.5 Å². The smallest absolute Gasteiger partial charge is 0.258 e. The second-order valence-corrected chi connectivity index (χ2v) is 6.35. The number of benzene rings is 1. The number of sulfonamides is 1. The van der Waals surface area contributed by atoms with Crippen LogP contribution in [0.15, 0.2) is 40.8 Å². The number of nitrogens with zero attached hydrogens (tertiary/aromatic N) is 2. The number of nitro benzene ring substituents is 1. The van der Waals surface area contributed by atoms with Gasteiger partial charge in [0.25, 0.3) is 5.69 Å². The highest BCUT2D eigenvalue weighted by Crippen LogP contribution is 2.22. The van der Waals surface area contributed by atoms with Crippen molar-refractivity contribution in [1.82, 2.24) is 4.31 Å². The molecule has 0 saturated heterocycles. The lowest BCUT2D eigenvalue weighted by atomic mass is 10.1. The Morgan fingerprint density at radius 3 is 2.37 bits per heavy atom. The summed E-state index contributed by atoms with van der Waals surface area (Å²) in [5, 5.41) is 10.5. The quantitative estimate of drug-likeness (QED) is 0.482. The first-order chi connectivity index (χ1) is 8.91. The third-order valence-corrected chi connectivity index (χ3v) is 4.96. The summed E-state index contributed by atoms with van der Waals surface area (Å²) in [4.78, 5) is 10.1. The minimum absolute atomic E-state index is 0.0889. The minimum atomic E-state index is -3.56. The molecular formula is C12H14N2O4S. The molecule has 102 valence electrons. The van der Waals surface area contributed by atoms with Crippen LogP contribution in [-0.4, -0.2) is 30.7 Å². The van der Waals surface area contributed by atoms with Gasteiger partial charge in [0.2, 0.25) is 10.0 Å². The molecule has 0 saturated carbocycles. The molecule has 0 amide bonds. The molecule has 1 aromatic rings. The Labute approximate surface area is 111 Å². The lowest BCUT2D eigenvalue weighted by Crippen LogP contribution is -2.34. The molecule has 0 unspecified atom stereocenters. The Hall–Kier alpha value is -1.73. The van der Waals surface area contributed by atoms with Gasteiger partial charge in [0.1, 0.15) is 0 Å². The predicted octanol–water partition coefficient (Wildman–Crippen LogP) is 1.94. The average Bonchev–Trinajstić information content (AvgIpc) is 2.39. The van der Waals surface area contributed by atoms with E-state index in [1.165, 1.54) is 34.1 Å². The molecule has 0 atom stereocenters. The van der Waals surface area contributed by atoms with Gasteiger partial charge in [-0.3, -0.25) is 10.1 Å². The first-order valence-corrected chi connectivity index (χ1v) is 7.25. The molecule has 1 heterocycles. The van der Waals surface area contributed by atoms with Crippen molar-refractivity contribution in [2.24, 2.45) is 0 Å². The monoisotopic (exact) mass is 282 g/mol. The fourth-order valence-corrected chi connectivity index (χ4v) is 3.24. The third-order valence-electron chi connectivity index (χ3n) is 3.08. The molecule has 7 heteroatoms. The highest BCUT2D eigenvalue weighted by molar-refractivity contribution is 7.89. The Bertz CT molecular complexity index is 620. The molecule has 1 aliphatic heterocycles. The Balaban J connectivity index is 2.27. The second-order valence-electron chi connectivity index (χ2n) is 4.41. The Kier molecular flexibility index (Phi) is 3.68. The minimum Gasteiger partial charge on any atom is -0.258 e. The lowest BCUT2D eigenvalue weighted by molar-refractivity contribution is -0.384. The maximum atomic E-state index is 12.3. The van der Waals surface area contributed by atoms with Gasteiger partial charge in [0, 0.05) is 25.2 Å². The maximum Gasteiger partial charge on any atom is 0.269 e. The largest absolute Gasteiger partial charge is 0.269 e. The molecule has 1 aliphatic rings. The van der Waals surface area contributed by atoms with Crippen molar-refractivity contribution in [3.8, 4) is 0 Å². The van der Waals surface area contributed by atoms with Gasteiger partial charge in [-0.1, -0.05) is 11.6 Å². The molecule has 0 radical (unpaired) electrons. The van der Waals surface area contributed by atoms with Crippen LogP contribution in [0.4, 0.5) is 5.69 Å². The van der Waals surface area contributed by atoms with Crippen molar-refractivity contribution in [3.05, 3.63) is 46.0 Å². The molecule has 6 nitrogen and oxygen atoms in total. The van der Waals surface area contributed by atoms with Crippen LogP contribution in [0, 0.1) is 10.1 Å². The van der Waals surface area contributed by atoms with Crippen molar-refractivity contribution >= 4 is 15.7 Å². The third kappa shape index (κ3) is 2.82. The van der Waals surface area contributed by atoms with E-state index in [-0.39, 0.29) is 10.6 Å². The van der Waals surface area contributed by atoms with Crippen LogP contribution in [0.5, 0.6) is 0 Å². The molecule has 19 heavy (non-hydrogen) atoms. The van der Waals surface area contributed by atoms with Crippen LogP contribution >= 0.6 is 0 Å². The standard InChI is InChI=1S/C12H14N2O4S/c1-10-6-8-13(9-7-10)19(17,18)12-4-2-11(3-5-12)14(15)16/h2-6H,7-9H2,1H3. The zero-order chi connectivity index (χ0) is 14.0. The zero-order valence-electron chi connectivity index (χ0n) is 10.4. The number of hydrogen-bond donors (Lipinski definition) is 0. The molecule has 0 fully saturated rings. The number of nitro groups is 1. The molecule has 0 bridgehead atoms. The van der Waals surface area contributed by atoms with E-state index in [1.54, 1.807) is 0 Å². The van der Waals surface area contributed by atoms with Gasteiger partial charge in [-0.15, -0.1) is 0 Å². The van der Waals surface area contributed by atoms with E-state index in [0.717, 1.165) is 0 Å². The van der Waals surface area contributed by atoms with E-state index in [1.807, 2.05) is 13.0 Å². The number of hydrogen-bond acceptors (Lipinski definition) is 4. The summed E-state index contributed by atoms with van der Waals surface area (Å²) in [6.45, 7) is 2.77. The van der Waals surface area contributed by atoms with E-state index in [4.69, 9.17) is 0 Å². The average molecular weight is 282 g/mol. The molecule has 0 aromatic heterocycles. The van der Waals surface area contributed by atoms with Gasteiger partial charge in [0.15, 0.2) is 0 Å². The first kappa shape index (κ1) is 13.7. The Morgan fingerprint density at radius 1 is 1.26 bits per heavy atom. The first-order valence-electron chi connectivity index (χ1n) is 5.81. The van der Waals surface area contributed by atoms with Gasteiger partial charge in [-0.25, -0.2) is 8.42 Å². The molecular weight excluding hydrogens is 268 g/mol. The molecule has 0 aliphatic carbocycles. The summed E-state index contributed by atoms with van der Waals surface area (Å²) >= 11 is 0. The van der Waals surface area contributed by atoms with Gasteiger partial charge >= 0.3 is 0 Å². The van der Waals surface area contributed by atoms with Crippen LogP contribution < -0.4 is 0 Å². The van der Waals surface area contributed by atoms with E-state index >= 15 is 0 Å². The van der Waals surface area contributed by atoms with Crippen LogP contribution in [0.3, 0.4) is 0 Å². The summed E-state index contributed by atoms with van der Waals surface area (Å²) in [7, 11) is -3.56. The summed E-state index contributed by atoms with van der Waals surface area (Å²) in [6.07, 6.45) is 2.60. The SMILES string of the molecule is CC1=CCN(S(=O)(=O)c2ccc([N+](=O)[O-])cc2)CC1. The van der Waals surface area contributed by atoms with Gasteiger partial charge in [0.05, 0.1) is 9.82 Å². The van der Waals surface area contributed by atoms with Crippen molar-refractivity contribution < 1.29 is 13.3 Å². The lowest BCUT2D eigenvalue weighted by Gasteiger charge is -2.24. The van der Waals surface area contributed by atoms with E-state index in [2.05, 4.69) is 0 Å². The Morgan fingerprint density at radius 2 is 1.89 bits per heavy atom. The van der Waals surface area contributed by atoms with Crippen molar-refractivity contribution in [1.29, 1.82) is 0 Å². The van der Waals surface area contributed by atoms with Crippen LogP contribution in [-0.2, 0) is 10.0 Å². The van der Waals surface area contributed by atoms with Crippen molar-refractivity contribution in [2.45, 2.75) is 18.2 Å². The molecule has 1 aromatic carbocycles. The highest BCUT2D eigenvalue weighted by atomic mass is 32.2. The maximum absolute atomic E-state index is 12.3. The summed E-state index contributed by atoms with van der Waals surface area (Å²) in [5.41, 5.74) is 1.06. The van der Waals surface area contributed by atoms with E-state index < -0.39 is 14.9 Å². The summed E-state index contributed by atoms with van der Waals surface area (Å²) in [5.74, 6) is 0. The van der Waals surface area contributed by atoms with E-state index in [0.29, 0.717) is 19.5 Å². The molecule has 2 rings (SSSR count). The molecule has 0 spiro atoms. The van der Waals surface area contributed by atoms with Gasteiger partial charge in [-0.05, 0) is 25.5 Å². The van der Waals surface area contributed by atoms with Gasteiger partial charge in [-0.2, -0.15) is 4.31 Å². The van der Waals surface area contributed by atoms with Crippen molar-refractivity contribution in [2.75, 3.05) is 13.1 Å². The normalized spacial score (nSPS) is 17.0. The van der Waals surface area contributed by atoms with Gasteiger partial charge < -0.3 is 0 Å². The summed E-state index contributed by atoms with van der Waals surface area (Å²) < 4.78 is 26.0. The fourth-order valence-electron chi connectivity index (χ4n) is 1.86. The molecule has 0 N–H and O–H groups in total.